The lowest BCUT2D eigenvalue weighted by molar-refractivity contribution is 0.449. The Hall–Kier alpha value is -0.0700. The Bertz CT molecular complexity index is 539. The molecule has 1 rings (SSSR count). The molecule has 0 atom stereocenters. The van der Waals surface area contributed by atoms with E-state index in [2.05, 4.69) is 4.72 Å². The van der Waals surface area contributed by atoms with Gasteiger partial charge in [-0.05, 0) is 24.6 Å². The third kappa shape index (κ3) is 3.95. The van der Waals surface area contributed by atoms with E-state index < -0.39 is 21.4 Å². The first kappa shape index (κ1) is 17.0. The van der Waals surface area contributed by atoms with E-state index >= 15 is 0 Å². The Balaban J connectivity index is 3.21. The van der Waals surface area contributed by atoms with Crippen LogP contribution in [-0.2, 0) is 10.0 Å². The largest absolute Gasteiger partial charge is 0.242 e. The van der Waals surface area contributed by atoms with Crippen molar-refractivity contribution in [1.29, 1.82) is 0 Å². The lowest BCUT2D eigenvalue weighted by Gasteiger charge is -2.29. The Morgan fingerprint density at radius 2 is 1.89 bits per heavy atom. The number of alkyl halides is 2. The number of nitrogens with one attached hydrogen (secondary N) is 1. The molecule has 0 radical (unpaired) electrons. The van der Waals surface area contributed by atoms with Gasteiger partial charge in [0.15, 0.2) is 0 Å². The van der Waals surface area contributed by atoms with Gasteiger partial charge in [0.25, 0.3) is 0 Å². The van der Waals surface area contributed by atoms with Gasteiger partial charge in [0.05, 0.1) is 10.6 Å². The standard InChI is InChI=1S/C11H13Cl3FNO2S/c1-2-11(6-12,7-13)16-19(17,18)10-5-8(15)3-4-9(10)14/h3-5,16H,2,6-7H2,1H3. The van der Waals surface area contributed by atoms with Gasteiger partial charge in [0, 0.05) is 11.8 Å². The first-order valence-corrected chi connectivity index (χ1v) is 8.34. The highest BCUT2D eigenvalue weighted by atomic mass is 35.5. The van der Waals surface area contributed by atoms with Crippen LogP contribution in [0, 0.1) is 5.82 Å². The van der Waals surface area contributed by atoms with Crippen molar-refractivity contribution in [3.05, 3.63) is 29.0 Å². The average molecular weight is 349 g/mol. The SMILES string of the molecule is CCC(CCl)(CCl)NS(=O)(=O)c1cc(F)ccc1Cl. The molecule has 0 aliphatic rings. The molecule has 0 heterocycles. The molecule has 0 amide bonds. The van der Waals surface area contributed by atoms with Gasteiger partial charge >= 0.3 is 0 Å². The summed E-state index contributed by atoms with van der Waals surface area (Å²) in [4.78, 5) is -0.331. The lowest BCUT2D eigenvalue weighted by Crippen LogP contribution is -2.51. The van der Waals surface area contributed by atoms with Crippen molar-refractivity contribution in [1.82, 2.24) is 4.72 Å². The zero-order chi connectivity index (χ0) is 14.7. The molecule has 8 heteroatoms. The minimum atomic E-state index is -4.00. The maximum atomic E-state index is 13.2. The fraction of sp³-hybridized carbons (Fsp3) is 0.455. The van der Waals surface area contributed by atoms with E-state index in [4.69, 9.17) is 34.8 Å². The van der Waals surface area contributed by atoms with Gasteiger partial charge in [0.1, 0.15) is 10.7 Å². The molecule has 0 aliphatic heterocycles. The summed E-state index contributed by atoms with van der Waals surface area (Å²) in [6, 6.07) is 3.12. The molecule has 0 aliphatic carbocycles. The van der Waals surface area contributed by atoms with Crippen molar-refractivity contribution < 1.29 is 12.8 Å². The predicted octanol–water partition coefficient (Wildman–Crippen LogP) is 3.38. The van der Waals surface area contributed by atoms with Crippen molar-refractivity contribution in [3.63, 3.8) is 0 Å². The van der Waals surface area contributed by atoms with Crippen molar-refractivity contribution in [2.24, 2.45) is 0 Å². The zero-order valence-electron chi connectivity index (χ0n) is 10.1. The van der Waals surface area contributed by atoms with Crippen molar-refractivity contribution in [2.75, 3.05) is 11.8 Å². The van der Waals surface area contributed by atoms with Crippen LogP contribution in [0.15, 0.2) is 23.1 Å². The number of halogens is 4. The third-order valence-electron chi connectivity index (χ3n) is 2.72. The predicted molar refractivity (Wildman–Crippen MR) is 76.2 cm³/mol. The van der Waals surface area contributed by atoms with Gasteiger partial charge in [-0.1, -0.05) is 18.5 Å². The highest BCUT2D eigenvalue weighted by Crippen LogP contribution is 2.25. The smallest absolute Gasteiger partial charge is 0.207 e. The highest BCUT2D eigenvalue weighted by molar-refractivity contribution is 7.89. The van der Waals surface area contributed by atoms with Gasteiger partial charge in [0.2, 0.25) is 10.0 Å². The lowest BCUT2D eigenvalue weighted by atomic mass is 10.0. The molecule has 0 saturated carbocycles. The van der Waals surface area contributed by atoms with Gasteiger partial charge in [-0.15, -0.1) is 23.2 Å². The topological polar surface area (TPSA) is 46.2 Å². The van der Waals surface area contributed by atoms with Gasteiger partial charge in [-0.3, -0.25) is 0 Å². The Morgan fingerprint density at radius 3 is 2.37 bits per heavy atom. The molecule has 0 aromatic heterocycles. The van der Waals surface area contributed by atoms with Crippen LogP contribution < -0.4 is 4.72 Å². The summed E-state index contributed by atoms with van der Waals surface area (Å²) in [5, 5.41) is -0.0666. The maximum absolute atomic E-state index is 13.2. The molecule has 0 spiro atoms. The van der Waals surface area contributed by atoms with Crippen LogP contribution in [0.1, 0.15) is 13.3 Å². The molecule has 0 fully saturated rings. The minimum absolute atomic E-state index is 0.000829. The van der Waals surface area contributed by atoms with Gasteiger partial charge in [-0.25, -0.2) is 17.5 Å². The second-order valence-electron chi connectivity index (χ2n) is 4.08. The first-order chi connectivity index (χ1) is 8.80. The Morgan fingerprint density at radius 1 is 1.32 bits per heavy atom. The van der Waals surface area contributed by atoms with Crippen LogP contribution in [0.5, 0.6) is 0 Å². The van der Waals surface area contributed by atoms with E-state index in [0.29, 0.717) is 6.42 Å². The quantitative estimate of drug-likeness (QED) is 0.801. The van der Waals surface area contributed by atoms with Crippen molar-refractivity contribution in [2.45, 2.75) is 23.8 Å². The number of benzene rings is 1. The van der Waals surface area contributed by atoms with Crippen LogP contribution in [0.2, 0.25) is 5.02 Å². The summed E-state index contributed by atoms with van der Waals surface area (Å²) in [7, 11) is -4.00. The number of hydrogen-bond donors (Lipinski definition) is 1. The van der Waals surface area contributed by atoms with Crippen molar-refractivity contribution in [3.8, 4) is 0 Å². The van der Waals surface area contributed by atoms with E-state index in [-0.39, 0.29) is 21.7 Å². The van der Waals surface area contributed by atoms with E-state index in [1.165, 1.54) is 6.07 Å². The number of sulfonamides is 1. The molecule has 1 N–H and O–H groups in total. The summed E-state index contributed by atoms with van der Waals surface area (Å²) in [5.74, 6) is -0.693. The summed E-state index contributed by atoms with van der Waals surface area (Å²) in [6.07, 6.45) is 0.395. The number of rotatable bonds is 6. The second kappa shape index (κ2) is 6.59. The fourth-order valence-corrected chi connectivity index (χ4v) is 4.31. The van der Waals surface area contributed by atoms with Gasteiger partial charge in [-0.2, -0.15) is 0 Å². The van der Waals surface area contributed by atoms with E-state index in [1.54, 1.807) is 6.92 Å². The molecule has 0 bridgehead atoms. The minimum Gasteiger partial charge on any atom is -0.207 e. The van der Waals surface area contributed by atoms with Gasteiger partial charge < -0.3 is 0 Å². The fourth-order valence-electron chi connectivity index (χ4n) is 1.37. The van der Waals surface area contributed by atoms with Crippen LogP contribution in [0.4, 0.5) is 4.39 Å². The maximum Gasteiger partial charge on any atom is 0.242 e. The van der Waals surface area contributed by atoms with Crippen LogP contribution in [0.3, 0.4) is 0 Å². The molecule has 108 valence electrons. The molecular formula is C11H13Cl3FNO2S. The number of hydrogen-bond acceptors (Lipinski definition) is 2. The zero-order valence-corrected chi connectivity index (χ0v) is 13.2. The molecule has 1 aromatic carbocycles. The molecule has 19 heavy (non-hydrogen) atoms. The molecule has 3 nitrogen and oxygen atoms in total. The highest BCUT2D eigenvalue weighted by Gasteiger charge is 2.33. The summed E-state index contributed by atoms with van der Waals surface area (Å²) < 4.78 is 40.0. The summed E-state index contributed by atoms with van der Waals surface area (Å²) in [5.41, 5.74) is -0.989. The van der Waals surface area contributed by atoms with E-state index in [0.717, 1.165) is 12.1 Å². The summed E-state index contributed by atoms with van der Waals surface area (Å²) in [6.45, 7) is 1.75. The Kier molecular flexibility index (Phi) is 5.89. The van der Waals surface area contributed by atoms with Crippen LogP contribution >= 0.6 is 34.8 Å². The van der Waals surface area contributed by atoms with Crippen LogP contribution in [0.25, 0.3) is 0 Å². The van der Waals surface area contributed by atoms with Crippen molar-refractivity contribution >= 4 is 44.8 Å². The van der Waals surface area contributed by atoms with E-state index in [9.17, 15) is 12.8 Å². The molecule has 0 saturated heterocycles. The Labute approximate surface area is 127 Å². The van der Waals surface area contributed by atoms with E-state index in [1.807, 2.05) is 0 Å². The first-order valence-electron chi connectivity index (χ1n) is 5.41. The average Bonchev–Trinajstić information content (AvgIpc) is 2.39. The normalized spacial score (nSPS) is 12.7. The monoisotopic (exact) mass is 347 g/mol. The summed E-state index contributed by atoms with van der Waals surface area (Å²) >= 11 is 17.3. The molecule has 0 unspecified atom stereocenters. The van der Waals surface area contributed by atoms with Crippen LogP contribution in [-0.4, -0.2) is 25.7 Å². The third-order valence-corrected chi connectivity index (χ3v) is 5.81. The molecular weight excluding hydrogens is 336 g/mol. The molecule has 1 aromatic rings. The second-order valence-corrected chi connectivity index (χ2v) is 6.67.